The van der Waals surface area contributed by atoms with Crippen molar-refractivity contribution >= 4 is 41.0 Å². The molecule has 0 fully saturated rings. The monoisotopic (exact) mass is 436 g/mol. The van der Waals surface area contributed by atoms with Gasteiger partial charge < -0.3 is 4.74 Å². The van der Waals surface area contributed by atoms with Gasteiger partial charge in [0.15, 0.2) is 0 Å². The quantitative estimate of drug-likeness (QED) is 0.425. The van der Waals surface area contributed by atoms with Crippen LogP contribution in [0.3, 0.4) is 0 Å². The van der Waals surface area contributed by atoms with Crippen LogP contribution in [0.15, 0.2) is 36.4 Å². The number of hydrazine groups is 1. The first-order valence-electron chi connectivity index (χ1n) is 8.80. The van der Waals surface area contributed by atoms with Crippen molar-refractivity contribution in [3.63, 3.8) is 0 Å². The molecule has 0 aliphatic carbocycles. The van der Waals surface area contributed by atoms with E-state index in [9.17, 15) is 14.4 Å². The van der Waals surface area contributed by atoms with Gasteiger partial charge in [-0.3, -0.25) is 19.8 Å². The van der Waals surface area contributed by atoms with Crippen LogP contribution in [0.4, 0.5) is 0 Å². The molecule has 6 nitrogen and oxygen atoms in total. The third-order valence-electron chi connectivity index (χ3n) is 3.98. The average Bonchev–Trinajstić information content (AvgIpc) is 2.58. The Balaban J connectivity index is 2.37. The van der Waals surface area contributed by atoms with Crippen molar-refractivity contribution in [2.45, 2.75) is 40.2 Å². The van der Waals surface area contributed by atoms with E-state index in [0.717, 1.165) is 0 Å². The summed E-state index contributed by atoms with van der Waals surface area (Å²) < 4.78 is 5.12. The number of hydrogen-bond donors (Lipinski definition) is 1. The van der Waals surface area contributed by atoms with Crippen molar-refractivity contribution in [3.05, 3.63) is 63.1 Å². The number of benzene rings is 2. The summed E-state index contributed by atoms with van der Waals surface area (Å²) in [5.74, 6) is -1.20. The number of nitrogens with one attached hydrogen (secondary N) is 1. The first kappa shape index (κ1) is 22.7. The molecule has 0 spiro atoms. The smallest absolute Gasteiger partial charge is 0.308 e. The van der Waals surface area contributed by atoms with Crippen molar-refractivity contribution in [2.75, 3.05) is 0 Å². The zero-order valence-electron chi connectivity index (χ0n) is 16.8. The summed E-state index contributed by atoms with van der Waals surface area (Å²) in [6, 6.07) is 9.25. The molecule has 0 heterocycles. The summed E-state index contributed by atoms with van der Waals surface area (Å²) in [6.07, 6.45) is 0. The second-order valence-corrected chi connectivity index (χ2v) is 8.31. The van der Waals surface area contributed by atoms with Gasteiger partial charge in [-0.15, -0.1) is 0 Å². The molecule has 0 aliphatic heterocycles. The number of carbonyl (C=O) groups excluding carboxylic acids is 3. The molecule has 8 heteroatoms. The summed E-state index contributed by atoms with van der Waals surface area (Å²) in [4.78, 5) is 37.3. The van der Waals surface area contributed by atoms with Crippen LogP contribution in [0.5, 0.6) is 5.75 Å². The van der Waals surface area contributed by atoms with Gasteiger partial charge in [-0.25, -0.2) is 5.01 Å². The maximum absolute atomic E-state index is 13.1. The molecule has 1 N–H and O–H groups in total. The Labute approximate surface area is 179 Å². The topological polar surface area (TPSA) is 75.7 Å². The highest BCUT2D eigenvalue weighted by Crippen LogP contribution is 2.24. The summed E-state index contributed by atoms with van der Waals surface area (Å²) in [5.41, 5.74) is 2.89. The number of nitrogens with zero attached hydrogens (tertiary/aromatic N) is 1. The predicted molar refractivity (Wildman–Crippen MR) is 112 cm³/mol. The van der Waals surface area contributed by atoms with E-state index >= 15 is 0 Å². The molecule has 29 heavy (non-hydrogen) atoms. The maximum atomic E-state index is 13.1. The Hall–Kier alpha value is -2.57. The van der Waals surface area contributed by atoms with E-state index in [-0.39, 0.29) is 16.9 Å². The van der Waals surface area contributed by atoms with Crippen LogP contribution in [-0.4, -0.2) is 28.3 Å². The SMILES string of the molecule is CC(=O)Oc1cccc(C(=O)NN(C(=O)c2cc(Cl)cc(Cl)c2)C(C)(C)C)c1C. The summed E-state index contributed by atoms with van der Waals surface area (Å²) in [5, 5.41) is 1.84. The van der Waals surface area contributed by atoms with Crippen LogP contribution in [0.25, 0.3) is 0 Å². The van der Waals surface area contributed by atoms with Crippen molar-refractivity contribution < 1.29 is 19.1 Å². The van der Waals surface area contributed by atoms with Crippen molar-refractivity contribution in [2.24, 2.45) is 0 Å². The Morgan fingerprint density at radius 3 is 2.14 bits per heavy atom. The van der Waals surface area contributed by atoms with Crippen LogP contribution >= 0.6 is 23.2 Å². The zero-order chi connectivity index (χ0) is 21.9. The standard InChI is InChI=1S/C21H22Cl2N2O4/c1-12-17(7-6-8-18(12)29-13(2)26)19(27)24-25(21(3,4)5)20(28)14-9-15(22)11-16(23)10-14/h6-11H,1-5H3,(H,24,27). The van der Waals surface area contributed by atoms with Gasteiger partial charge in [-0.2, -0.15) is 0 Å². The molecule has 0 radical (unpaired) electrons. The molecule has 0 saturated carbocycles. The number of carbonyl (C=O) groups is 3. The molecular weight excluding hydrogens is 415 g/mol. The fourth-order valence-corrected chi connectivity index (χ4v) is 3.14. The van der Waals surface area contributed by atoms with E-state index in [2.05, 4.69) is 5.43 Å². The highest BCUT2D eigenvalue weighted by Gasteiger charge is 2.30. The molecule has 0 bridgehead atoms. The van der Waals surface area contributed by atoms with Crippen molar-refractivity contribution in [1.82, 2.24) is 10.4 Å². The van der Waals surface area contributed by atoms with Gasteiger partial charge in [0.1, 0.15) is 5.75 Å². The lowest BCUT2D eigenvalue weighted by Gasteiger charge is -2.35. The lowest BCUT2D eigenvalue weighted by molar-refractivity contribution is -0.131. The van der Waals surface area contributed by atoms with E-state index in [1.54, 1.807) is 45.9 Å². The predicted octanol–water partition coefficient (Wildman–Crippen LogP) is 4.81. The van der Waals surface area contributed by atoms with Gasteiger partial charge in [-0.05, 0) is 58.0 Å². The van der Waals surface area contributed by atoms with E-state index in [0.29, 0.717) is 15.6 Å². The number of rotatable bonds is 3. The molecular formula is C21H22Cl2N2O4. The largest absolute Gasteiger partial charge is 0.426 e. The Kier molecular flexibility index (Phi) is 6.93. The van der Waals surface area contributed by atoms with Gasteiger partial charge in [0.2, 0.25) is 0 Å². The molecule has 154 valence electrons. The van der Waals surface area contributed by atoms with Crippen molar-refractivity contribution in [1.29, 1.82) is 0 Å². The molecule has 0 aliphatic rings. The fraction of sp³-hybridized carbons (Fsp3) is 0.286. The third-order valence-corrected chi connectivity index (χ3v) is 4.42. The van der Waals surface area contributed by atoms with Crippen LogP contribution in [0.1, 0.15) is 54.0 Å². The lowest BCUT2D eigenvalue weighted by atomic mass is 10.1. The molecule has 0 atom stereocenters. The van der Waals surface area contributed by atoms with E-state index in [1.165, 1.54) is 30.1 Å². The van der Waals surface area contributed by atoms with Crippen molar-refractivity contribution in [3.8, 4) is 5.75 Å². The highest BCUT2D eigenvalue weighted by atomic mass is 35.5. The molecule has 0 saturated heterocycles. The molecule has 2 aromatic carbocycles. The number of hydrogen-bond acceptors (Lipinski definition) is 4. The first-order chi connectivity index (χ1) is 13.4. The van der Waals surface area contributed by atoms with Crippen LogP contribution < -0.4 is 10.2 Å². The van der Waals surface area contributed by atoms with E-state index < -0.39 is 23.3 Å². The fourth-order valence-electron chi connectivity index (χ4n) is 2.62. The average molecular weight is 437 g/mol. The molecule has 2 amide bonds. The first-order valence-corrected chi connectivity index (χ1v) is 9.55. The molecule has 2 aromatic rings. The Bertz CT molecular complexity index is 947. The molecule has 0 aromatic heterocycles. The van der Waals surface area contributed by atoms with Gasteiger partial charge in [0, 0.05) is 33.7 Å². The number of halogens is 2. The number of ether oxygens (including phenoxy) is 1. The van der Waals surface area contributed by atoms with Crippen LogP contribution in [0, 0.1) is 6.92 Å². The third kappa shape index (κ3) is 5.71. The van der Waals surface area contributed by atoms with Gasteiger partial charge >= 0.3 is 5.97 Å². The van der Waals surface area contributed by atoms with E-state index in [1.807, 2.05) is 0 Å². The number of amides is 2. The molecule has 2 rings (SSSR count). The minimum atomic E-state index is -0.747. The summed E-state index contributed by atoms with van der Waals surface area (Å²) in [6.45, 7) is 8.27. The van der Waals surface area contributed by atoms with E-state index in [4.69, 9.17) is 27.9 Å². The highest BCUT2D eigenvalue weighted by molar-refractivity contribution is 6.35. The lowest BCUT2D eigenvalue weighted by Crippen LogP contribution is -2.56. The van der Waals surface area contributed by atoms with Gasteiger partial charge in [0.05, 0.1) is 5.54 Å². The van der Waals surface area contributed by atoms with Gasteiger partial charge in [0.25, 0.3) is 11.8 Å². The minimum Gasteiger partial charge on any atom is -0.426 e. The summed E-state index contributed by atoms with van der Waals surface area (Å²) >= 11 is 12.0. The second kappa shape index (κ2) is 8.84. The van der Waals surface area contributed by atoms with Gasteiger partial charge in [-0.1, -0.05) is 29.3 Å². The Morgan fingerprint density at radius 2 is 1.62 bits per heavy atom. The number of esters is 1. The Morgan fingerprint density at radius 1 is 1.03 bits per heavy atom. The minimum absolute atomic E-state index is 0.239. The second-order valence-electron chi connectivity index (χ2n) is 7.43. The van der Waals surface area contributed by atoms with Crippen LogP contribution in [0.2, 0.25) is 10.0 Å². The zero-order valence-corrected chi connectivity index (χ0v) is 18.3. The maximum Gasteiger partial charge on any atom is 0.308 e. The van der Waals surface area contributed by atoms with Crippen LogP contribution in [-0.2, 0) is 4.79 Å². The molecule has 0 unspecified atom stereocenters. The summed E-state index contributed by atoms with van der Waals surface area (Å²) in [7, 11) is 0. The normalized spacial score (nSPS) is 11.0.